The molecule has 0 bridgehead atoms. The summed E-state index contributed by atoms with van der Waals surface area (Å²) in [4.78, 5) is 14.1. The third kappa shape index (κ3) is 2.63. The lowest BCUT2D eigenvalue weighted by Crippen LogP contribution is -2.38. The zero-order chi connectivity index (χ0) is 17.7. The summed E-state index contributed by atoms with van der Waals surface area (Å²) in [5.74, 6) is 1.44. The Kier molecular flexibility index (Phi) is 3.80. The highest BCUT2D eigenvalue weighted by molar-refractivity contribution is 7.16. The van der Waals surface area contributed by atoms with Crippen LogP contribution in [0.2, 0.25) is 5.02 Å². The highest BCUT2D eigenvalue weighted by atomic mass is 35.5. The monoisotopic (exact) mass is 384 g/mol. The van der Waals surface area contributed by atoms with Crippen molar-refractivity contribution in [3.8, 4) is 11.3 Å². The van der Waals surface area contributed by atoms with Crippen molar-refractivity contribution >= 4 is 33.8 Å². The van der Waals surface area contributed by atoms with Crippen molar-refractivity contribution in [1.29, 1.82) is 0 Å². The number of thiophene rings is 1. The third-order valence-electron chi connectivity index (χ3n) is 4.99. The van der Waals surface area contributed by atoms with Crippen molar-refractivity contribution in [1.82, 2.24) is 5.32 Å². The van der Waals surface area contributed by atoms with Crippen LogP contribution in [0.25, 0.3) is 11.3 Å². The van der Waals surface area contributed by atoms with Crippen LogP contribution in [0.5, 0.6) is 0 Å². The minimum absolute atomic E-state index is 0.00686. The van der Waals surface area contributed by atoms with Gasteiger partial charge in [0.1, 0.15) is 16.5 Å². The van der Waals surface area contributed by atoms with E-state index >= 15 is 0 Å². The van der Waals surface area contributed by atoms with Crippen molar-refractivity contribution in [2.75, 3.05) is 5.32 Å². The van der Waals surface area contributed by atoms with Crippen LogP contribution in [-0.2, 0) is 12.8 Å². The number of fused-ring (bicyclic) bond motifs is 3. The summed E-state index contributed by atoms with van der Waals surface area (Å²) >= 11 is 7.66. The molecule has 3 heterocycles. The first-order valence-corrected chi connectivity index (χ1v) is 9.96. The van der Waals surface area contributed by atoms with Crippen LogP contribution in [0, 0.1) is 0 Å². The molecule has 1 aliphatic heterocycles. The van der Waals surface area contributed by atoms with Gasteiger partial charge in [-0.25, -0.2) is 0 Å². The van der Waals surface area contributed by atoms with E-state index in [1.54, 1.807) is 11.3 Å². The number of benzene rings is 1. The molecule has 1 aromatic carbocycles. The molecule has 2 N–H and O–H groups in total. The Morgan fingerprint density at radius 2 is 1.85 bits per heavy atom. The molecule has 0 radical (unpaired) electrons. The standard InChI is InChI=1S/C20H17ClN2O2S/c21-12-7-5-11(6-8-12)14-9-10-15(25-14)18-22-19(24)17-13-3-1-2-4-16(13)26-20(17)23-18/h5-10,18,23H,1-4H2,(H,22,24). The SMILES string of the molecule is O=C1NC(c2ccc(-c3ccc(Cl)cc3)o2)Nc2sc3c(c21)CCCC3. The second-order valence-electron chi connectivity index (χ2n) is 6.67. The zero-order valence-corrected chi connectivity index (χ0v) is 15.5. The maximum Gasteiger partial charge on any atom is 0.256 e. The summed E-state index contributed by atoms with van der Waals surface area (Å²) in [7, 11) is 0. The fourth-order valence-electron chi connectivity index (χ4n) is 3.70. The van der Waals surface area contributed by atoms with Crippen LogP contribution >= 0.6 is 22.9 Å². The molecule has 0 saturated carbocycles. The molecule has 26 heavy (non-hydrogen) atoms. The first kappa shape index (κ1) is 16.0. The average molecular weight is 385 g/mol. The summed E-state index contributed by atoms with van der Waals surface area (Å²) in [6, 6.07) is 11.3. The van der Waals surface area contributed by atoms with E-state index in [2.05, 4.69) is 10.6 Å². The van der Waals surface area contributed by atoms with E-state index in [1.807, 2.05) is 36.4 Å². The van der Waals surface area contributed by atoms with E-state index in [9.17, 15) is 4.79 Å². The van der Waals surface area contributed by atoms with Gasteiger partial charge in [0.2, 0.25) is 0 Å². The highest BCUT2D eigenvalue weighted by Gasteiger charge is 2.33. The van der Waals surface area contributed by atoms with E-state index in [1.165, 1.54) is 16.9 Å². The Hall–Kier alpha value is -2.24. The van der Waals surface area contributed by atoms with Gasteiger partial charge >= 0.3 is 0 Å². The molecule has 132 valence electrons. The summed E-state index contributed by atoms with van der Waals surface area (Å²) in [6.45, 7) is 0. The molecule has 1 atom stereocenters. The normalized spacial score (nSPS) is 18.7. The van der Waals surface area contributed by atoms with Gasteiger partial charge in [-0.3, -0.25) is 4.79 Å². The zero-order valence-electron chi connectivity index (χ0n) is 14.0. The minimum atomic E-state index is -0.351. The van der Waals surface area contributed by atoms with Crippen molar-refractivity contribution in [2.24, 2.45) is 0 Å². The van der Waals surface area contributed by atoms with Crippen LogP contribution in [0.1, 0.15) is 45.6 Å². The van der Waals surface area contributed by atoms with E-state index in [4.69, 9.17) is 16.0 Å². The molecule has 6 heteroatoms. The predicted molar refractivity (Wildman–Crippen MR) is 104 cm³/mol. The number of carbonyl (C=O) groups is 1. The Labute approximate surface area is 160 Å². The molecule has 0 saturated heterocycles. The molecule has 0 fully saturated rings. The van der Waals surface area contributed by atoms with Crippen LogP contribution in [0.4, 0.5) is 5.00 Å². The summed E-state index contributed by atoms with van der Waals surface area (Å²) in [6.07, 6.45) is 4.10. The van der Waals surface area contributed by atoms with Crippen LogP contribution in [0.15, 0.2) is 40.8 Å². The fourth-order valence-corrected chi connectivity index (χ4v) is 5.14. The number of amides is 1. The smallest absolute Gasteiger partial charge is 0.256 e. The average Bonchev–Trinajstić information content (AvgIpc) is 3.27. The number of aryl methyl sites for hydroxylation is 1. The van der Waals surface area contributed by atoms with Crippen LogP contribution < -0.4 is 10.6 Å². The van der Waals surface area contributed by atoms with E-state index in [0.717, 1.165) is 41.2 Å². The molecule has 0 spiro atoms. The molecule has 5 rings (SSSR count). The number of rotatable bonds is 2. The largest absolute Gasteiger partial charge is 0.457 e. The van der Waals surface area contributed by atoms with Gasteiger partial charge in [0.25, 0.3) is 5.91 Å². The Morgan fingerprint density at radius 3 is 2.69 bits per heavy atom. The van der Waals surface area contributed by atoms with Gasteiger partial charge in [-0.1, -0.05) is 11.6 Å². The van der Waals surface area contributed by atoms with E-state index in [-0.39, 0.29) is 12.1 Å². The molecule has 1 aliphatic carbocycles. The maximum absolute atomic E-state index is 12.7. The van der Waals surface area contributed by atoms with Crippen molar-refractivity contribution in [2.45, 2.75) is 31.8 Å². The Balaban J connectivity index is 1.44. The van der Waals surface area contributed by atoms with Crippen LogP contribution in [-0.4, -0.2) is 5.91 Å². The number of carbonyl (C=O) groups excluding carboxylic acids is 1. The van der Waals surface area contributed by atoms with Gasteiger partial charge in [-0.05, 0) is 67.6 Å². The van der Waals surface area contributed by atoms with Crippen molar-refractivity contribution < 1.29 is 9.21 Å². The predicted octanol–water partition coefficient (Wildman–Crippen LogP) is 5.39. The molecular formula is C20H17ClN2O2S. The summed E-state index contributed by atoms with van der Waals surface area (Å²) < 4.78 is 6.00. The lowest BCUT2D eigenvalue weighted by Gasteiger charge is -2.25. The second-order valence-corrected chi connectivity index (χ2v) is 8.22. The van der Waals surface area contributed by atoms with E-state index < -0.39 is 0 Å². The second kappa shape index (κ2) is 6.18. The number of anilines is 1. The Morgan fingerprint density at radius 1 is 1.04 bits per heavy atom. The van der Waals surface area contributed by atoms with Crippen molar-refractivity contribution in [3.05, 3.63) is 63.2 Å². The summed E-state index contributed by atoms with van der Waals surface area (Å²) in [5.41, 5.74) is 3.03. The quantitative estimate of drug-likeness (QED) is 0.622. The number of nitrogens with one attached hydrogen (secondary N) is 2. The topological polar surface area (TPSA) is 54.3 Å². The number of furan rings is 1. The lowest BCUT2D eigenvalue weighted by atomic mass is 9.94. The van der Waals surface area contributed by atoms with Gasteiger partial charge < -0.3 is 15.1 Å². The maximum atomic E-state index is 12.7. The molecule has 4 nitrogen and oxygen atoms in total. The van der Waals surface area contributed by atoms with Gasteiger partial charge in [-0.15, -0.1) is 11.3 Å². The number of hydrogen-bond acceptors (Lipinski definition) is 4. The molecular weight excluding hydrogens is 368 g/mol. The first-order chi connectivity index (χ1) is 12.7. The van der Waals surface area contributed by atoms with Crippen LogP contribution in [0.3, 0.4) is 0 Å². The molecule has 2 aromatic heterocycles. The molecule has 3 aromatic rings. The number of halogens is 1. The fraction of sp³-hybridized carbons (Fsp3) is 0.250. The lowest BCUT2D eigenvalue weighted by molar-refractivity contribution is 0.0930. The van der Waals surface area contributed by atoms with E-state index in [0.29, 0.717) is 10.8 Å². The molecule has 1 unspecified atom stereocenters. The highest BCUT2D eigenvalue weighted by Crippen LogP contribution is 2.41. The Bertz CT molecular complexity index is 990. The van der Waals surface area contributed by atoms with Gasteiger partial charge in [0.15, 0.2) is 6.17 Å². The third-order valence-corrected chi connectivity index (χ3v) is 6.46. The van der Waals surface area contributed by atoms with Gasteiger partial charge in [-0.2, -0.15) is 0 Å². The number of hydrogen-bond donors (Lipinski definition) is 2. The minimum Gasteiger partial charge on any atom is -0.457 e. The van der Waals surface area contributed by atoms with Gasteiger partial charge in [0.05, 0.1) is 5.56 Å². The first-order valence-electron chi connectivity index (χ1n) is 8.76. The van der Waals surface area contributed by atoms with Crippen molar-refractivity contribution in [3.63, 3.8) is 0 Å². The molecule has 2 aliphatic rings. The summed E-state index contributed by atoms with van der Waals surface area (Å²) in [5, 5.41) is 8.15. The van der Waals surface area contributed by atoms with Gasteiger partial charge in [0, 0.05) is 15.5 Å². The molecule has 1 amide bonds.